The Morgan fingerprint density at radius 2 is 2.03 bits per heavy atom. The highest BCUT2D eigenvalue weighted by Gasteiger charge is 2.28. The van der Waals surface area contributed by atoms with Crippen LogP contribution in [0.1, 0.15) is 19.3 Å². The standard InChI is InChI=1S/C20H26N8O3S/c1-32(30,31)28-7-2-3-13(11-28)24-18-15(17-10-22-19-16(25-17)4-6-21-19)9-23-20(26-18)27-8-5-14(29)12-27/h4,6,9-10,13-14,29H,2-3,5,7-8,11-12H2,1H3,(H,21,22)(H,23,24,26). The van der Waals surface area contributed by atoms with Crippen molar-refractivity contribution in [3.05, 3.63) is 24.7 Å². The normalized spacial score (nSPS) is 22.5. The smallest absolute Gasteiger partial charge is 0.227 e. The number of piperidine rings is 1. The second-order valence-corrected chi connectivity index (χ2v) is 10.4. The molecule has 2 fully saturated rings. The fraction of sp³-hybridized carbons (Fsp3) is 0.500. The molecular formula is C20H26N8O3S. The first kappa shape index (κ1) is 21.0. The van der Waals surface area contributed by atoms with E-state index in [0.29, 0.717) is 61.3 Å². The van der Waals surface area contributed by atoms with Crippen LogP contribution in [0.4, 0.5) is 11.8 Å². The fourth-order valence-electron chi connectivity index (χ4n) is 4.26. The van der Waals surface area contributed by atoms with E-state index in [1.807, 2.05) is 11.0 Å². The van der Waals surface area contributed by atoms with Gasteiger partial charge in [0.2, 0.25) is 16.0 Å². The number of hydrogen-bond donors (Lipinski definition) is 3. The van der Waals surface area contributed by atoms with Crippen LogP contribution in [0, 0.1) is 0 Å². The molecule has 170 valence electrons. The summed E-state index contributed by atoms with van der Waals surface area (Å²) in [4.78, 5) is 23.4. The Morgan fingerprint density at radius 3 is 2.81 bits per heavy atom. The minimum Gasteiger partial charge on any atom is -0.391 e. The lowest BCUT2D eigenvalue weighted by Gasteiger charge is -2.32. The van der Waals surface area contributed by atoms with Crippen LogP contribution in [-0.4, -0.2) is 87.3 Å². The van der Waals surface area contributed by atoms with Crippen molar-refractivity contribution < 1.29 is 13.5 Å². The van der Waals surface area contributed by atoms with Gasteiger partial charge in [0.15, 0.2) is 5.65 Å². The van der Waals surface area contributed by atoms with Gasteiger partial charge in [0, 0.05) is 44.6 Å². The van der Waals surface area contributed by atoms with Gasteiger partial charge < -0.3 is 20.3 Å². The fourth-order valence-corrected chi connectivity index (χ4v) is 5.17. The number of hydrogen-bond acceptors (Lipinski definition) is 9. The van der Waals surface area contributed by atoms with Crippen LogP contribution in [0.15, 0.2) is 24.7 Å². The number of nitrogens with zero attached hydrogens (tertiary/aromatic N) is 6. The molecule has 32 heavy (non-hydrogen) atoms. The molecule has 2 atom stereocenters. The van der Waals surface area contributed by atoms with E-state index in [-0.39, 0.29) is 6.04 Å². The van der Waals surface area contributed by atoms with Crippen LogP contribution in [0.5, 0.6) is 0 Å². The highest BCUT2D eigenvalue weighted by Crippen LogP contribution is 2.29. The Bertz CT molecular complexity index is 1230. The van der Waals surface area contributed by atoms with Gasteiger partial charge in [-0.3, -0.25) is 0 Å². The lowest BCUT2D eigenvalue weighted by atomic mass is 10.1. The summed E-state index contributed by atoms with van der Waals surface area (Å²) in [6.45, 7) is 2.07. The molecule has 0 aliphatic carbocycles. The first-order valence-electron chi connectivity index (χ1n) is 10.7. The number of H-pyrrole nitrogens is 1. The Morgan fingerprint density at radius 1 is 1.16 bits per heavy atom. The molecule has 3 aromatic rings. The molecule has 5 heterocycles. The van der Waals surface area contributed by atoms with Crippen molar-refractivity contribution >= 4 is 33.0 Å². The third kappa shape index (κ3) is 4.25. The molecule has 0 amide bonds. The zero-order chi connectivity index (χ0) is 22.3. The first-order chi connectivity index (χ1) is 15.4. The molecule has 0 bridgehead atoms. The van der Waals surface area contributed by atoms with Crippen LogP contribution in [-0.2, 0) is 10.0 Å². The van der Waals surface area contributed by atoms with Gasteiger partial charge in [-0.25, -0.2) is 27.7 Å². The highest BCUT2D eigenvalue weighted by atomic mass is 32.2. The van der Waals surface area contributed by atoms with Gasteiger partial charge in [-0.15, -0.1) is 0 Å². The zero-order valence-corrected chi connectivity index (χ0v) is 18.6. The Hall–Kier alpha value is -2.83. The number of nitrogens with one attached hydrogen (secondary N) is 2. The maximum atomic E-state index is 12.1. The van der Waals surface area contributed by atoms with Crippen LogP contribution in [0.25, 0.3) is 22.4 Å². The molecule has 0 aromatic carbocycles. The molecule has 2 saturated heterocycles. The van der Waals surface area contributed by atoms with Crippen molar-refractivity contribution in [2.75, 3.05) is 42.7 Å². The van der Waals surface area contributed by atoms with Crippen LogP contribution < -0.4 is 10.2 Å². The Labute approximate surface area is 186 Å². The summed E-state index contributed by atoms with van der Waals surface area (Å²) in [7, 11) is -3.26. The molecule has 11 nitrogen and oxygen atoms in total. The molecule has 2 aliphatic rings. The first-order valence-corrected chi connectivity index (χ1v) is 12.5. The van der Waals surface area contributed by atoms with Crippen LogP contribution in [0.2, 0.25) is 0 Å². The van der Waals surface area contributed by atoms with E-state index >= 15 is 0 Å². The summed E-state index contributed by atoms with van der Waals surface area (Å²) in [6, 6.07) is 1.76. The second-order valence-electron chi connectivity index (χ2n) is 8.39. The number of aromatic nitrogens is 5. The maximum absolute atomic E-state index is 12.1. The maximum Gasteiger partial charge on any atom is 0.227 e. The Kier molecular flexibility index (Phi) is 5.43. The number of rotatable bonds is 5. The number of aromatic amines is 1. The molecule has 0 spiro atoms. The summed E-state index contributed by atoms with van der Waals surface area (Å²) in [6.07, 6.45) is 8.30. The van der Waals surface area contributed by atoms with Gasteiger partial charge >= 0.3 is 0 Å². The van der Waals surface area contributed by atoms with E-state index in [2.05, 4.69) is 25.3 Å². The third-order valence-corrected chi connectivity index (χ3v) is 7.22. The largest absolute Gasteiger partial charge is 0.391 e. The number of β-amino-alcohol motifs (C(OH)–C–C–N with tert-alkyl or cyclic N) is 1. The summed E-state index contributed by atoms with van der Waals surface area (Å²) in [5.74, 6) is 1.11. The van der Waals surface area contributed by atoms with E-state index < -0.39 is 16.1 Å². The van der Waals surface area contributed by atoms with E-state index in [1.165, 1.54) is 10.6 Å². The number of aliphatic hydroxyl groups excluding tert-OH is 1. The summed E-state index contributed by atoms with van der Waals surface area (Å²) < 4.78 is 25.6. The molecule has 2 unspecified atom stereocenters. The summed E-state index contributed by atoms with van der Waals surface area (Å²) in [5.41, 5.74) is 2.76. The highest BCUT2D eigenvalue weighted by molar-refractivity contribution is 7.88. The predicted octanol–water partition coefficient (Wildman–Crippen LogP) is 0.822. The average Bonchev–Trinajstić information content (AvgIpc) is 3.41. The third-order valence-electron chi connectivity index (χ3n) is 5.95. The quantitative estimate of drug-likeness (QED) is 0.507. The lowest BCUT2D eigenvalue weighted by Crippen LogP contribution is -2.44. The molecule has 5 rings (SSSR count). The van der Waals surface area contributed by atoms with Crippen LogP contribution >= 0.6 is 0 Å². The molecule has 2 aliphatic heterocycles. The van der Waals surface area contributed by atoms with Gasteiger partial charge in [0.1, 0.15) is 11.3 Å². The minimum atomic E-state index is -3.26. The van der Waals surface area contributed by atoms with Gasteiger partial charge in [0.25, 0.3) is 0 Å². The van der Waals surface area contributed by atoms with Crippen molar-refractivity contribution in [1.29, 1.82) is 0 Å². The number of sulfonamides is 1. The molecule has 0 saturated carbocycles. The van der Waals surface area contributed by atoms with Crippen molar-refractivity contribution in [2.45, 2.75) is 31.4 Å². The molecule has 3 N–H and O–H groups in total. The molecule has 0 radical (unpaired) electrons. The lowest BCUT2D eigenvalue weighted by molar-refractivity contribution is 0.198. The van der Waals surface area contributed by atoms with Crippen molar-refractivity contribution in [3.63, 3.8) is 0 Å². The average molecular weight is 459 g/mol. The SMILES string of the molecule is CS(=O)(=O)N1CCCC(Nc2nc(N3CCC(O)C3)ncc2-c2cnc3[nH]ccc3n2)C1. The Balaban J connectivity index is 1.50. The zero-order valence-electron chi connectivity index (χ0n) is 17.8. The number of aliphatic hydroxyl groups is 1. The molecule has 3 aromatic heterocycles. The number of anilines is 2. The minimum absolute atomic E-state index is 0.0897. The second kappa shape index (κ2) is 8.26. The summed E-state index contributed by atoms with van der Waals surface area (Å²) in [5, 5.41) is 13.4. The van der Waals surface area contributed by atoms with Crippen molar-refractivity contribution in [3.8, 4) is 11.3 Å². The molecular weight excluding hydrogens is 432 g/mol. The topological polar surface area (TPSA) is 140 Å². The van der Waals surface area contributed by atoms with E-state index in [1.54, 1.807) is 18.6 Å². The molecule has 12 heteroatoms. The monoisotopic (exact) mass is 458 g/mol. The van der Waals surface area contributed by atoms with Gasteiger partial charge in [-0.1, -0.05) is 0 Å². The van der Waals surface area contributed by atoms with Gasteiger partial charge in [-0.2, -0.15) is 4.98 Å². The predicted molar refractivity (Wildman–Crippen MR) is 121 cm³/mol. The van der Waals surface area contributed by atoms with E-state index in [4.69, 9.17) is 4.98 Å². The van der Waals surface area contributed by atoms with E-state index in [0.717, 1.165) is 18.4 Å². The van der Waals surface area contributed by atoms with Gasteiger partial charge in [-0.05, 0) is 25.3 Å². The van der Waals surface area contributed by atoms with Gasteiger partial charge in [0.05, 0.1) is 29.8 Å². The van der Waals surface area contributed by atoms with Crippen molar-refractivity contribution in [1.82, 2.24) is 29.2 Å². The van der Waals surface area contributed by atoms with Crippen LogP contribution in [0.3, 0.4) is 0 Å². The summed E-state index contributed by atoms with van der Waals surface area (Å²) >= 11 is 0. The number of fused-ring (bicyclic) bond motifs is 1. The van der Waals surface area contributed by atoms with E-state index in [9.17, 15) is 13.5 Å². The van der Waals surface area contributed by atoms with Crippen molar-refractivity contribution in [2.24, 2.45) is 0 Å².